The van der Waals surface area contributed by atoms with Gasteiger partial charge in [-0.05, 0) is 26.2 Å². The van der Waals surface area contributed by atoms with Gasteiger partial charge in [0, 0.05) is 11.6 Å². The summed E-state index contributed by atoms with van der Waals surface area (Å²) < 4.78 is 0. The van der Waals surface area contributed by atoms with E-state index in [2.05, 4.69) is 16.9 Å². The van der Waals surface area contributed by atoms with Crippen molar-refractivity contribution in [2.75, 3.05) is 0 Å². The molecule has 70 valence electrons. The van der Waals surface area contributed by atoms with Gasteiger partial charge in [0.2, 0.25) is 0 Å². The average molecular weight is 197 g/mol. The van der Waals surface area contributed by atoms with E-state index in [0.29, 0.717) is 0 Å². The fourth-order valence-electron chi connectivity index (χ4n) is 1.74. The van der Waals surface area contributed by atoms with Gasteiger partial charge < -0.3 is 0 Å². The summed E-state index contributed by atoms with van der Waals surface area (Å²) in [6.45, 7) is 4.10. The van der Waals surface area contributed by atoms with Gasteiger partial charge >= 0.3 is 0 Å². The molecule has 0 atom stereocenters. The quantitative estimate of drug-likeness (QED) is 0.727. The standard InChI is InChI=1S/C10H13ClN2/c1-3-10(4-5-10)9-8(11)6-12-7(2)13-9/h6H,3-5H2,1-2H3. The van der Waals surface area contributed by atoms with Gasteiger partial charge in [0.15, 0.2) is 0 Å². The summed E-state index contributed by atoms with van der Waals surface area (Å²) in [6, 6.07) is 0. The Hall–Kier alpha value is -0.630. The van der Waals surface area contributed by atoms with Gasteiger partial charge in [-0.2, -0.15) is 0 Å². The van der Waals surface area contributed by atoms with E-state index in [-0.39, 0.29) is 5.41 Å². The molecule has 2 rings (SSSR count). The minimum atomic E-state index is 0.283. The van der Waals surface area contributed by atoms with Crippen molar-refractivity contribution in [2.45, 2.75) is 38.5 Å². The van der Waals surface area contributed by atoms with Crippen LogP contribution in [0.5, 0.6) is 0 Å². The van der Waals surface area contributed by atoms with E-state index in [9.17, 15) is 0 Å². The summed E-state index contributed by atoms with van der Waals surface area (Å²) in [6.07, 6.45) is 5.29. The van der Waals surface area contributed by atoms with Crippen LogP contribution in [0.3, 0.4) is 0 Å². The van der Waals surface area contributed by atoms with Gasteiger partial charge in [0.1, 0.15) is 5.82 Å². The zero-order chi connectivity index (χ0) is 9.47. The molecule has 1 aromatic heterocycles. The average Bonchev–Trinajstić information content (AvgIpc) is 2.90. The highest BCUT2D eigenvalue weighted by Gasteiger charge is 2.45. The lowest BCUT2D eigenvalue weighted by molar-refractivity contribution is 0.635. The van der Waals surface area contributed by atoms with Gasteiger partial charge in [0.25, 0.3) is 0 Å². The Balaban J connectivity index is 2.44. The normalized spacial score (nSPS) is 18.7. The van der Waals surface area contributed by atoms with Crippen molar-refractivity contribution in [3.05, 3.63) is 22.7 Å². The van der Waals surface area contributed by atoms with Crippen molar-refractivity contribution in [1.82, 2.24) is 9.97 Å². The summed E-state index contributed by atoms with van der Waals surface area (Å²) in [5, 5.41) is 0.727. The summed E-state index contributed by atoms with van der Waals surface area (Å²) >= 11 is 6.07. The first-order valence-corrected chi connectivity index (χ1v) is 5.05. The summed E-state index contributed by atoms with van der Waals surface area (Å²) in [4.78, 5) is 8.51. The highest BCUT2D eigenvalue weighted by atomic mass is 35.5. The SMILES string of the molecule is CCC1(c2nc(C)ncc2Cl)CC1. The van der Waals surface area contributed by atoms with Crippen molar-refractivity contribution >= 4 is 11.6 Å². The van der Waals surface area contributed by atoms with Gasteiger partial charge in [0.05, 0.1) is 10.7 Å². The maximum absolute atomic E-state index is 6.07. The van der Waals surface area contributed by atoms with Crippen molar-refractivity contribution in [3.63, 3.8) is 0 Å². The van der Waals surface area contributed by atoms with Gasteiger partial charge in [-0.3, -0.25) is 0 Å². The van der Waals surface area contributed by atoms with Crippen LogP contribution >= 0.6 is 11.6 Å². The Bertz CT molecular complexity index is 332. The largest absolute Gasteiger partial charge is 0.240 e. The molecule has 0 unspecified atom stereocenters. The third-order valence-electron chi connectivity index (χ3n) is 2.90. The molecule has 1 saturated carbocycles. The molecule has 1 fully saturated rings. The van der Waals surface area contributed by atoms with E-state index in [1.807, 2.05) is 6.92 Å². The summed E-state index contributed by atoms with van der Waals surface area (Å²) in [7, 11) is 0. The van der Waals surface area contributed by atoms with Gasteiger partial charge in [-0.15, -0.1) is 0 Å². The molecular formula is C10H13ClN2. The second-order valence-electron chi connectivity index (χ2n) is 3.75. The molecule has 3 heteroatoms. The second-order valence-corrected chi connectivity index (χ2v) is 4.15. The van der Waals surface area contributed by atoms with Crippen LogP contribution in [0.15, 0.2) is 6.20 Å². The Morgan fingerprint density at radius 3 is 2.77 bits per heavy atom. The maximum atomic E-state index is 6.07. The Kier molecular flexibility index (Phi) is 2.03. The summed E-state index contributed by atoms with van der Waals surface area (Å²) in [5.41, 5.74) is 1.34. The number of aryl methyl sites for hydroxylation is 1. The molecule has 0 aromatic carbocycles. The van der Waals surface area contributed by atoms with Crippen LogP contribution in [0, 0.1) is 6.92 Å². The topological polar surface area (TPSA) is 25.8 Å². The van der Waals surface area contributed by atoms with Crippen LogP contribution in [0.4, 0.5) is 0 Å². The van der Waals surface area contributed by atoms with Crippen LogP contribution in [0.2, 0.25) is 5.02 Å². The van der Waals surface area contributed by atoms with E-state index < -0.39 is 0 Å². The molecular weight excluding hydrogens is 184 g/mol. The minimum absolute atomic E-state index is 0.283. The van der Waals surface area contributed by atoms with Crippen molar-refractivity contribution in [3.8, 4) is 0 Å². The summed E-state index contributed by atoms with van der Waals surface area (Å²) in [5.74, 6) is 0.819. The molecule has 1 aromatic rings. The monoisotopic (exact) mass is 196 g/mol. The molecule has 0 amide bonds. The molecule has 1 aliphatic carbocycles. The molecule has 1 aliphatic rings. The number of halogens is 1. The zero-order valence-corrected chi connectivity index (χ0v) is 8.73. The fourth-order valence-corrected chi connectivity index (χ4v) is 2.03. The van der Waals surface area contributed by atoms with Crippen molar-refractivity contribution < 1.29 is 0 Å². The van der Waals surface area contributed by atoms with Gasteiger partial charge in [-0.1, -0.05) is 18.5 Å². The third kappa shape index (κ3) is 1.44. The predicted molar refractivity (Wildman–Crippen MR) is 53.0 cm³/mol. The number of hydrogen-bond donors (Lipinski definition) is 0. The highest BCUT2D eigenvalue weighted by Crippen LogP contribution is 2.51. The lowest BCUT2D eigenvalue weighted by Gasteiger charge is -2.13. The van der Waals surface area contributed by atoms with Crippen LogP contribution in [-0.4, -0.2) is 9.97 Å². The number of hydrogen-bond acceptors (Lipinski definition) is 2. The Labute approximate surface area is 83.4 Å². The Morgan fingerprint density at radius 2 is 2.23 bits per heavy atom. The molecule has 0 bridgehead atoms. The van der Waals surface area contributed by atoms with E-state index in [1.54, 1.807) is 6.20 Å². The van der Waals surface area contributed by atoms with Crippen molar-refractivity contribution in [2.24, 2.45) is 0 Å². The molecule has 0 saturated heterocycles. The fraction of sp³-hybridized carbons (Fsp3) is 0.600. The first kappa shape index (κ1) is 8.95. The van der Waals surface area contributed by atoms with E-state index in [0.717, 1.165) is 23.0 Å². The highest BCUT2D eigenvalue weighted by molar-refractivity contribution is 6.31. The first-order valence-electron chi connectivity index (χ1n) is 4.67. The Morgan fingerprint density at radius 1 is 1.54 bits per heavy atom. The number of nitrogens with zero attached hydrogens (tertiary/aromatic N) is 2. The van der Waals surface area contributed by atoms with Crippen LogP contribution in [0.25, 0.3) is 0 Å². The van der Waals surface area contributed by atoms with Crippen LogP contribution < -0.4 is 0 Å². The maximum Gasteiger partial charge on any atom is 0.125 e. The minimum Gasteiger partial charge on any atom is -0.240 e. The predicted octanol–water partition coefficient (Wildman–Crippen LogP) is 2.88. The molecule has 0 radical (unpaired) electrons. The van der Waals surface area contributed by atoms with E-state index in [4.69, 9.17) is 11.6 Å². The molecule has 13 heavy (non-hydrogen) atoms. The number of aromatic nitrogens is 2. The smallest absolute Gasteiger partial charge is 0.125 e. The molecule has 2 nitrogen and oxygen atoms in total. The number of rotatable bonds is 2. The zero-order valence-electron chi connectivity index (χ0n) is 7.97. The van der Waals surface area contributed by atoms with E-state index in [1.165, 1.54) is 12.8 Å². The van der Waals surface area contributed by atoms with Crippen LogP contribution in [0.1, 0.15) is 37.7 Å². The van der Waals surface area contributed by atoms with Gasteiger partial charge in [-0.25, -0.2) is 9.97 Å². The van der Waals surface area contributed by atoms with Crippen LogP contribution in [-0.2, 0) is 5.41 Å². The first-order chi connectivity index (χ1) is 6.18. The third-order valence-corrected chi connectivity index (χ3v) is 3.17. The van der Waals surface area contributed by atoms with Crippen molar-refractivity contribution in [1.29, 1.82) is 0 Å². The molecule has 0 N–H and O–H groups in total. The lowest BCUT2D eigenvalue weighted by atomic mass is 9.99. The molecule has 0 spiro atoms. The van der Waals surface area contributed by atoms with E-state index >= 15 is 0 Å². The second kappa shape index (κ2) is 2.95. The molecule has 0 aliphatic heterocycles. The molecule has 1 heterocycles. The lowest BCUT2D eigenvalue weighted by Crippen LogP contribution is -2.09.